The fourth-order valence-corrected chi connectivity index (χ4v) is 2.27. The van der Waals surface area contributed by atoms with Gasteiger partial charge in [-0.2, -0.15) is 0 Å². The molecule has 0 saturated heterocycles. The topological polar surface area (TPSA) is 54.9 Å². The highest BCUT2D eigenvalue weighted by molar-refractivity contribution is 7.09. The highest BCUT2D eigenvalue weighted by Gasteiger charge is 2.11. The maximum Gasteiger partial charge on any atom is 0.226 e. The van der Waals surface area contributed by atoms with E-state index in [1.165, 1.54) is 0 Å². The fraction of sp³-hybridized carbons (Fsp3) is 0.308. The van der Waals surface area contributed by atoms with Crippen molar-refractivity contribution in [2.45, 2.75) is 26.3 Å². The molecule has 0 spiro atoms. The van der Waals surface area contributed by atoms with Crippen LogP contribution < -0.4 is 5.32 Å². The summed E-state index contributed by atoms with van der Waals surface area (Å²) in [5, 5.41) is 5.82. The van der Waals surface area contributed by atoms with Gasteiger partial charge < -0.3 is 5.32 Å². The number of amides is 1. The van der Waals surface area contributed by atoms with Crippen LogP contribution in [0.2, 0.25) is 0 Å². The van der Waals surface area contributed by atoms with Crippen molar-refractivity contribution in [2.24, 2.45) is 0 Å². The Bertz CT molecular complexity index is 524. The van der Waals surface area contributed by atoms with E-state index in [4.69, 9.17) is 0 Å². The van der Waals surface area contributed by atoms with Gasteiger partial charge in [0, 0.05) is 11.6 Å². The lowest BCUT2D eigenvalue weighted by Crippen LogP contribution is -2.28. The van der Waals surface area contributed by atoms with Crippen molar-refractivity contribution in [1.29, 1.82) is 0 Å². The summed E-state index contributed by atoms with van der Waals surface area (Å²) in [5.41, 5.74) is 1.68. The molecule has 1 atom stereocenters. The molecule has 2 aromatic rings. The number of aromatic nitrogens is 2. The van der Waals surface area contributed by atoms with Gasteiger partial charge in [-0.3, -0.25) is 9.78 Å². The minimum Gasteiger partial charge on any atom is -0.348 e. The SMILES string of the molecule is Cc1nc(CC(=O)NC(C)c2ccccn2)cs1. The zero-order chi connectivity index (χ0) is 13.0. The summed E-state index contributed by atoms with van der Waals surface area (Å²) in [6.07, 6.45) is 2.04. The first-order chi connectivity index (χ1) is 8.65. The second-order valence-electron chi connectivity index (χ2n) is 4.08. The molecule has 2 aromatic heterocycles. The van der Waals surface area contributed by atoms with E-state index in [0.29, 0.717) is 6.42 Å². The van der Waals surface area contributed by atoms with Gasteiger partial charge in [-0.05, 0) is 26.0 Å². The molecule has 2 heterocycles. The summed E-state index contributed by atoms with van der Waals surface area (Å²) in [7, 11) is 0. The third-order valence-corrected chi connectivity index (χ3v) is 3.34. The molecule has 5 heteroatoms. The van der Waals surface area contributed by atoms with Crippen molar-refractivity contribution in [3.8, 4) is 0 Å². The third-order valence-electron chi connectivity index (χ3n) is 2.52. The van der Waals surface area contributed by atoms with Crippen LogP contribution in [0.5, 0.6) is 0 Å². The van der Waals surface area contributed by atoms with Gasteiger partial charge >= 0.3 is 0 Å². The summed E-state index contributed by atoms with van der Waals surface area (Å²) in [6.45, 7) is 3.86. The first-order valence-corrected chi connectivity index (χ1v) is 6.64. The van der Waals surface area contributed by atoms with Crippen molar-refractivity contribution in [1.82, 2.24) is 15.3 Å². The Morgan fingerprint density at radius 2 is 2.33 bits per heavy atom. The number of carbonyl (C=O) groups excluding carboxylic acids is 1. The smallest absolute Gasteiger partial charge is 0.226 e. The van der Waals surface area contributed by atoms with E-state index in [-0.39, 0.29) is 11.9 Å². The van der Waals surface area contributed by atoms with Crippen LogP contribution in [0, 0.1) is 6.92 Å². The van der Waals surface area contributed by atoms with Crippen molar-refractivity contribution >= 4 is 17.2 Å². The second kappa shape index (κ2) is 5.73. The normalized spacial score (nSPS) is 12.1. The van der Waals surface area contributed by atoms with Crippen molar-refractivity contribution in [3.63, 3.8) is 0 Å². The minimum absolute atomic E-state index is 0.0292. The van der Waals surface area contributed by atoms with Crippen LogP contribution in [0.1, 0.15) is 29.4 Å². The second-order valence-corrected chi connectivity index (χ2v) is 5.14. The van der Waals surface area contributed by atoms with E-state index in [0.717, 1.165) is 16.4 Å². The first-order valence-electron chi connectivity index (χ1n) is 5.76. The Morgan fingerprint density at radius 1 is 1.50 bits per heavy atom. The predicted octanol–water partition coefficient (Wildman–Crippen LogP) is 2.27. The maximum atomic E-state index is 11.8. The highest BCUT2D eigenvalue weighted by Crippen LogP contribution is 2.10. The van der Waals surface area contributed by atoms with E-state index in [9.17, 15) is 4.79 Å². The molecule has 0 aromatic carbocycles. The van der Waals surface area contributed by atoms with E-state index >= 15 is 0 Å². The molecule has 0 aliphatic heterocycles. The number of hydrogen-bond acceptors (Lipinski definition) is 4. The molecule has 1 amide bonds. The van der Waals surface area contributed by atoms with Crippen molar-refractivity contribution in [3.05, 3.63) is 46.2 Å². The first kappa shape index (κ1) is 12.7. The van der Waals surface area contributed by atoms with Crippen molar-refractivity contribution in [2.75, 3.05) is 0 Å². The highest BCUT2D eigenvalue weighted by atomic mass is 32.1. The average Bonchev–Trinajstić information content (AvgIpc) is 2.75. The van der Waals surface area contributed by atoms with Gasteiger partial charge in [-0.1, -0.05) is 6.07 Å². The number of thiazole rings is 1. The lowest BCUT2D eigenvalue weighted by atomic mass is 10.2. The predicted molar refractivity (Wildman–Crippen MR) is 71.3 cm³/mol. The van der Waals surface area contributed by atoms with Gasteiger partial charge in [-0.25, -0.2) is 4.98 Å². The number of aryl methyl sites for hydroxylation is 1. The van der Waals surface area contributed by atoms with E-state index in [2.05, 4.69) is 15.3 Å². The molecule has 94 valence electrons. The maximum absolute atomic E-state index is 11.8. The van der Waals surface area contributed by atoms with Crippen LogP contribution in [0.15, 0.2) is 29.8 Å². The zero-order valence-corrected chi connectivity index (χ0v) is 11.2. The molecule has 2 rings (SSSR count). The third kappa shape index (κ3) is 3.37. The quantitative estimate of drug-likeness (QED) is 0.918. The monoisotopic (exact) mass is 261 g/mol. The molecule has 0 radical (unpaired) electrons. The van der Waals surface area contributed by atoms with Crippen LogP contribution >= 0.6 is 11.3 Å². The summed E-state index contributed by atoms with van der Waals surface area (Å²) >= 11 is 1.56. The fourth-order valence-electron chi connectivity index (χ4n) is 1.65. The number of nitrogens with one attached hydrogen (secondary N) is 1. The lowest BCUT2D eigenvalue weighted by molar-refractivity contribution is -0.121. The summed E-state index contributed by atoms with van der Waals surface area (Å²) in [6, 6.07) is 5.58. The molecule has 0 aliphatic carbocycles. The van der Waals surface area contributed by atoms with E-state index in [1.807, 2.05) is 37.4 Å². The average molecular weight is 261 g/mol. The number of hydrogen-bond donors (Lipinski definition) is 1. The Balaban J connectivity index is 1.92. The number of carbonyl (C=O) groups is 1. The molecule has 18 heavy (non-hydrogen) atoms. The Hall–Kier alpha value is -1.75. The molecule has 0 fully saturated rings. The van der Waals surface area contributed by atoms with Gasteiger partial charge in [0.1, 0.15) is 0 Å². The molecule has 1 unspecified atom stereocenters. The standard InChI is InChI=1S/C13H15N3OS/c1-9(12-5-3-4-6-14-12)15-13(17)7-11-8-18-10(2)16-11/h3-6,8-9H,7H2,1-2H3,(H,15,17). The lowest BCUT2D eigenvalue weighted by Gasteiger charge is -2.12. The van der Waals surface area contributed by atoms with Gasteiger partial charge in [0.05, 0.1) is 28.9 Å². The molecule has 0 aliphatic rings. The number of nitrogens with zero attached hydrogens (tertiary/aromatic N) is 2. The summed E-state index contributed by atoms with van der Waals surface area (Å²) in [4.78, 5) is 20.3. The largest absolute Gasteiger partial charge is 0.348 e. The number of rotatable bonds is 4. The number of pyridine rings is 1. The molecule has 1 N–H and O–H groups in total. The Kier molecular flexibility index (Phi) is 4.04. The van der Waals surface area contributed by atoms with Crippen molar-refractivity contribution < 1.29 is 4.79 Å². The molecular weight excluding hydrogens is 246 g/mol. The molecular formula is C13H15N3OS. The molecule has 0 bridgehead atoms. The van der Waals surface area contributed by atoms with Gasteiger partial charge in [0.2, 0.25) is 5.91 Å². The molecule has 0 saturated carbocycles. The van der Waals surface area contributed by atoms with Crippen LogP contribution in [0.25, 0.3) is 0 Å². The Labute approximate surface area is 110 Å². The minimum atomic E-state index is -0.0848. The van der Waals surface area contributed by atoms with Crippen LogP contribution in [-0.2, 0) is 11.2 Å². The Morgan fingerprint density at radius 3 is 2.94 bits per heavy atom. The summed E-state index contributed by atoms with van der Waals surface area (Å²) in [5.74, 6) is -0.0292. The summed E-state index contributed by atoms with van der Waals surface area (Å²) < 4.78 is 0. The van der Waals surface area contributed by atoms with Crippen LogP contribution in [-0.4, -0.2) is 15.9 Å². The van der Waals surface area contributed by atoms with E-state index < -0.39 is 0 Å². The zero-order valence-electron chi connectivity index (χ0n) is 10.4. The van der Waals surface area contributed by atoms with E-state index in [1.54, 1.807) is 17.5 Å². The van der Waals surface area contributed by atoms with Gasteiger partial charge in [-0.15, -0.1) is 11.3 Å². The van der Waals surface area contributed by atoms with Crippen LogP contribution in [0.3, 0.4) is 0 Å². The van der Waals surface area contributed by atoms with Crippen LogP contribution in [0.4, 0.5) is 0 Å². The van der Waals surface area contributed by atoms with Gasteiger partial charge in [0.15, 0.2) is 0 Å². The van der Waals surface area contributed by atoms with Gasteiger partial charge in [0.25, 0.3) is 0 Å². The molecule has 4 nitrogen and oxygen atoms in total.